The van der Waals surface area contributed by atoms with Crippen molar-refractivity contribution >= 4 is 31.8 Å². The molecule has 0 radical (unpaired) electrons. The molecule has 0 N–H and O–H groups in total. The van der Waals surface area contributed by atoms with Gasteiger partial charge in [0.1, 0.15) is 6.04 Å². The molecule has 13 nitrogen and oxygen atoms in total. The number of nitro groups is 1. The van der Waals surface area contributed by atoms with Gasteiger partial charge >= 0.3 is 17.8 Å². The molecule has 0 aromatic heterocycles. The van der Waals surface area contributed by atoms with E-state index in [4.69, 9.17) is 13.8 Å². The fraction of sp³-hybridized carbons (Fsp3) is 0.654. The molecule has 3 aliphatic rings. The van der Waals surface area contributed by atoms with Crippen LogP contribution in [0.25, 0.3) is 0 Å². The van der Waals surface area contributed by atoms with E-state index in [-0.39, 0.29) is 18.7 Å². The molecule has 3 heterocycles. The molecule has 3 fully saturated rings. The second-order valence-electron chi connectivity index (χ2n) is 9.44. The highest BCUT2D eigenvalue weighted by Gasteiger charge is 2.35. The third-order valence-corrected chi connectivity index (χ3v) is 8.60. The smallest absolute Gasteiger partial charge is 0.323 e. The average Bonchev–Trinajstić information content (AvgIpc) is 2.93. The highest BCUT2D eigenvalue weighted by molar-refractivity contribution is 7.47. The largest absolute Gasteiger partial charge is 0.465 e. The monoisotopic (exact) mass is 581 g/mol. The highest BCUT2D eigenvalue weighted by atomic mass is 31.2. The summed E-state index contributed by atoms with van der Waals surface area (Å²) in [6.07, 6.45) is 0.807. The van der Waals surface area contributed by atoms with Crippen LogP contribution in [-0.2, 0) is 34.6 Å². The van der Waals surface area contributed by atoms with E-state index in [0.29, 0.717) is 71.9 Å². The SMILES string of the molecule is CCOC(=O)C(Cc1ccc([N+](=O)[O-])cc1)N1CCN(CP(OCC)OCC)CCN2CCN(CC1)C(=O)C2=O. The van der Waals surface area contributed by atoms with Crippen LogP contribution in [-0.4, -0.2) is 127 Å². The van der Waals surface area contributed by atoms with E-state index in [1.54, 1.807) is 28.9 Å². The molecule has 2 amide bonds. The topological polar surface area (TPSA) is 135 Å². The summed E-state index contributed by atoms with van der Waals surface area (Å²) in [5.74, 6) is -1.45. The van der Waals surface area contributed by atoms with Gasteiger partial charge in [-0.25, -0.2) is 0 Å². The molecule has 14 heteroatoms. The zero-order valence-electron chi connectivity index (χ0n) is 23.5. The van der Waals surface area contributed by atoms with Crippen molar-refractivity contribution in [3.63, 3.8) is 0 Å². The van der Waals surface area contributed by atoms with Crippen LogP contribution < -0.4 is 0 Å². The predicted octanol–water partition coefficient (Wildman–Crippen LogP) is 1.70. The number of hydrogen-bond acceptors (Lipinski definition) is 10. The molecule has 40 heavy (non-hydrogen) atoms. The number of carbonyl (C=O) groups excluding carboxylic acids is 3. The van der Waals surface area contributed by atoms with Crippen molar-refractivity contribution in [3.8, 4) is 0 Å². The fourth-order valence-corrected chi connectivity index (χ4v) is 6.17. The van der Waals surface area contributed by atoms with Crippen molar-refractivity contribution in [1.29, 1.82) is 0 Å². The molecule has 2 bridgehead atoms. The Morgan fingerprint density at radius 3 is 1.95 bits per heavy atom. The lowest BCUT2D eigenvalue weighted by Gasteiger charge is -2.39. The number of nitrogens with zero attached hydrogens (tertiary/aromatic N) is 5. The Balaban J connectivity index is 1.88. The number of rotatable bonds is 12. The van der Waals surface area contributed by atoms with E-state index in [9.17, 15) is 24.5 Å². The second kappa shape index (κ2) is 15.9. The Bertz CT molecular complexity index is 1010. The number of benzene rings is 1. The van der Waals surface area contributed by atoms with E-state index in [1.807, 2.05) is 18.7 Å². The maximum atomic E-state index is 13.2. The first kappa shape index (κ1) is 31.8. The lowest BCUT2D eigenvalue weighted by Crippen LogP contribution is -2.58. The van der Waals surface area contributed by atoms with Crippen LogP contribution in [0.3, 0.4) is 0 Å². The van der Waals surface area contributed by atoms with Crippen LogP contribution in [0.5, 0.6) is 0 Å². The van der Waals surface area contributed by atoms with E-state index in [0.717, 1.165) is 5.56 Å². The van der Waals surface area contributed by atoms with Crippen molar-refractivity contribution in [2.75, 3.05) is 78.5 Å². The van der Waals surface area contributed by atoms with Gasteiger partial charge in [0.25, 0.3) is 5.69 Å². The van der Waals surface area contributed by atoms with Crippen LogP contribution >= 0.6 is 8.38 Å². The number of amides is 2. The number of non-ortho nitro benzene ring substituents is 1. The Labute approximate surface area is 236 Å². The van der Waals surface area contributed by atoms with E-state index >= 15 is 0 Å². The fourth-order valence-electron chi connectivity index (χ4n) is 4.75. The summed E-state index contributed by atoms with van der Waals surface area (Å²) in [6, 6.07) is 5.45. The molecule has 1 atom stereocenters. The van der Waals surface area contributed by atoms with E-state index < -0.39 is 37.1 Å². The van der Waals surface area contributed by atoms with Gasteiger partial charge in [-0.3, -0.25) is 34.3 Å². The minimum Gasteiger partial charge on any atom is -0.465 e. The van der Waals surface area contributed by atoms with Gasteiger partial charge in [0.15, 0.2) is 8.38 Å². The molecule has 3 saturated heterocycles. The molecule has 3 aliphatic heterocycles. The lowest BCUT2D eigenvalue weighted by molar-refractivity contribution is -0.384. The number of ether oxygens (including phenoxy) is 1. The Morgan fingerprint density at radius 2 is 1.40 bits per heavy atom. The zero-order valence-corrected chi connectivity index (χ0v) is 24.4. The number of esters is 1. The summed E-state index contributed by atoms with van der Waals surface area (Å²) in [5, 5.41) is 11.1. The first-order valence-corrected chi connectivity index (χ1v) is 15.1. The standard InChI is InChI=1S/C26H40N5O8P/c1-4-37-26(34)23(19-21-7-9-22(10-8-21)31(35)36)28-13-11-27(20-40(38-5-2)39-6-3)12-14-29-17-18-30(16-15-28)25(33)24(29)32/h7-10,23H,4-6,11-20H2,1-3H3. The number of carbonyl (C=O) groups is 3. The van der Waals surface area contributed by atoms with Crippen LogP contribution in [0.1, 0.15) is 26.3 Å². The van der Waals surface area contributed by atoms with Crippen LogP contribution in [0, 0.1) is 10.1 Å². The van der Waals surface area contributed by atoms with Crippen molar-refractivity contribution < 1.29 is 33.1 Å². The highest BCUT2D eigenvalue weighted by Crippen LogP contribution is 2.38. The van der Waals surface area contributed by atoms with E-state index in [1.165, 1.54) is 12.1 Å². The zero-order chi connectivity index (χ0) is 29.1. The van der Waals surface area contributed by atoms with Gasteiger partial charge in [-0.2, -0.15) is 0 Å². The van der Waals surface area contributed by atoms with Gasteiger partial charge in [0, 0.05) is 64.5 Å². The number of nitro benzene ring substituents is 1. The van der Waals surface area contributed by atoms with Crippen LogP contribution in [0.4, 0.5) is 5.69 Å². The Hall–Kier alpha value is -2.70. The molecule has 1 aromatic rings. The maximum absolute atomic E-state index is 13.2. The third kappa shape index (κ3) is 8.90. The minimum absolute atomic E-state index is 0.0270. The van der Waals surface area contributed by atoms with Crippen molar-refractivity contribution in [2.24, 2.45) is 0 Å². The molecule has 1 aromatic carbocycles. The predicted molar refractivity (Wildman–Crippen MR) is 149 cm³/mol. The van der Waals surface area contributed by atoms with Crippen LogP contribution in [0.2, 0.25) is 0 Å². The third-order valence-electron chi connectivity index (χ3n) is 6.88. The summed E-state index contributed by atoms with van der Waals surface area (Å²) in [4.78, 5) is 56.8. The van der Waals surface area contributed by atoms with Gasteiger partial charge in [-0.05, 0) is 32.8 Å². The molecule has 0 saturated carbocycles. The molecule has 0 spiro atoms. The van der Waals surface area contributed by atoms with Crippen LogP contribution in [0.15, 0.2) is 24.3 Å². The molecular formula is C26H40N5O8P. The molecule has 0 aliphatic carbocycles. The summed E-state index contributed by atoms with van der Waals surface area (Å²) < 4.78 is 17.1. The van der Waals surface area contributed by atoms with Crippen molar-refractivity contribution in [2.45, 2.75) is 33.2 Å². The van der Waals surface area contributed by atoms with Gasteiger partial charge in [0.05, 0.1) is 31.0 Å². The molecular weight excluding hydrogens is 541 g/mol. The summed E-state index contributed by atoms with van der Waals surface area (Å²) in [5.41, 5.74) is 0.725. The second-order valence-corrected chi connectivity index (χ2v) is 10.9. The quantitative estimate of drug-likeness (QED) is 0.118. The number of hydrogen-bond donors (Lipinski definition) is 0. The van der Waals surface area contributed by atoms with Gasteiger partial charge in [0.2, 0.25) is 0 Å². The molecule has 4 rings (SSSR count). The maximum Gasteiger partial charge on any atom is 0.323 e. The number of piperazine rings is 1. The first-order chi connectivity index (χ1) is 19.3. The first-order valence-electron chi connectivity index (χ1n) is 13.7. The summed E-state index contributed by atoms with van der Waals surface area (Å²) in [7, 11) is -1.17. The lowest BCUT2D eigenvalue weighted by atomic mass is 10.0. The number of fused-ring (bicyclic) bond motifs is 9. The van der Waals surface area contributed by atoms with Gasteiger partial charge < -0.3 is 23.6 Å². The Morgan fingerprint density at radius 1 is 0.875 bits per heavy atom. The normalized spacial score (nSPS) is 18.5. The summed E-state index contributed by atoms with van der Waals surface area (Å²) in [6.45, 7) is 10.3. The summed E-state index contributed by atoms with van der Waals surface area (Å²) >= 11 is 0. The van der Waals surface area contributed by atoms with Gasteiger partial charge in [-0.15, -0.1) is 0 Å². The minimum atomic E-state index is -1.17. The molecule has 222 valence electrons. The van der Waals surface area contributed by atoms with E-state index in [2.05, 4.69) is 4.90 Å². The van der Waals surface area contributed by atoms with Crippen molar-refractivity contribution in [3.05, 3.63) is 39.9 Å². The molecule has 1 unspecified atom stereocenters. The van der Waals surface area contributed by atoms with Gasteiger partial charge in [-0.1, -0.05) is 12.1 Å². The Kier molecular flexibility index (Phi) is 12.7. The average molecular weight is 582 g/mol. The van der Waals surface area contributed by atoms with Crippen molar-refractivity contribution in [1.82, 2.24) is 19.6 Å².